The fourth-order valence-electron chi connectivity index (χ4n) is 3.59. The van der Waals surface area contributed by atoms with Crippen LogP contribution in [0.1, 0.15) is 136 Å². The number of unbranched alkanes of at least 4 members (excludes halogenated alkanes) is 15. The molecule has 1 unspecified atom stereocenters. The van der Waals surface area contributed by atoms with Gasteiger partial charge in [-0.2, -0.15) is 0 Å². The molecule has 0 saturated carbocycles. The Labute approximate surface area is 162 Å². The minimum Gasteiger partial charge on any atom is -0.479 e. The van der Waals surface area contributed by atoms with Crippen molar-refractivity contribution in [3.8, 4) is 0 Å². The lowest BCUT2D eigenvalue weighted by Gasteiger charge is -2.20. The van der Waals surface area contributed by atoms with Crippen LogP contribution in [0, 0.1) is 0 Å². The highest BCUT2D eigenvalue weighted by Gasteiger charge is 2.37. The van der Waals surface area contributed by atoms with Crippen LogP contribution in [0.5, 0.6) is 0 Å². The highest BCUT2D eigenvalue weighted by Crippen LogP contribution is 2.27. The lowest BCUT2D eigenvalue weighted by Crippen LogP contribution is -2.33. The van der Waals surface area contributed by atoms with E-state index in [-0.39, 0.29) is 12.8 Å². The summed E-state index contributed by atoms with van der Waals surface area (Å²) in [6.45, 7) is 4.36. The molecule has 0 aliphatic heterocycles. The Kier molecular flexibility index (Phi) is 17.4. The Morgan fingerprint density at radius 3 is 1.19 bits per heavy atom. The molecule has 156 valence electrons. The third-order valence-electron chi connectivity index (χ3n) is 5.49. The van der Waals surface area contributed by atoms with Crippen LogP contribution in [0.15, 0.2) is 0 Å². The number of aliphatic carboxylic acids is 1. The summed E-state index contributed by atoms with van der Waals surface area (Å²) in [5.41, 5.74) is -1.99. The summed E-state index contributed by atoms with van der Waals surface area (Å²) in [7, 11) is 0. The molecule has 0 rings (SSSR count). The molecule has 0 radical (unpaired) electrons. The zero-order valence-electron chi connectivity index (χ0n) is 17.7. The van der Waals surface area contributed by atoms with Crippen molar-refractivity contribution >= 4 is 5.97 Å². The predicted molar refractivity (Wildman–Crippen MR) is 111 cm³/mol. The molecule has 2 nitrogen and oxygen atoms in total. The van der Waals surface area contributed by atoms with E-state index in [9.17, 15) is 14.3 Å². The van der Waals surface area contributed by atoms with Crippen molar-refractivity contribution in [2.75, 3.05) is 0 Å². The third kappa shape index (κ3) is 14.6. The van der Waals surface area contributed by atoms with Gasteiger partial charge in [-0.15, -0.1) is 0 Å². The molecule has 0 heterocycles. The van der Waals surface area contributed by atoms with E-state index in [1.54, 1.807) is 0 Å². The SMILES string of the molecule is CCCCCCCCCCCCCCCC(F)(CCCCCC)C(=O)O. The van der Waals surface area contributed by atoms with Gasteiger partial charge in [0.05, 0.1) is 0 Å². The number of carboxylic acid groups (broad SMARTS) is 1. The topological polar surface area (TPSA) is 37.3 Å². The van der Waals surface area contributed by atoms with E-state index in [0.29, 0.717) is 12.8 Å². The first-order valence-corrected chi connectivity index (χ1v) is 11.5. The van der Waals surface area contributed by atoms with E-state index in [1.807, 2.05) is 0 Å². The summed E-state index contributed by atoms with van der Waals surface area (Å²) < 4.78 is 14.6. The second kappa shape index (κ2) is 17.8. The minimum atomic E-state index is -1.99. The first kappa shape index (κ1) is 25.4. The lowest BCUT2D eigenvalue weighted by molar-refractivity contribution is -0.152. The fraction of sp³-hybridized carbons (Fsp3) is 0.957. The van der Waals surface area contributed by atoms with Gasteiger partial charge < -0.3 is 5.11 Å². The molecule has 1 atom stereocenters. The van der Waals surface area contributed by atoms with Crippen LogP contribution >= 0.6 is 0 Å². The molecule has 0 aliphatic rings. The molecule has 0 aromatic rings. The average Bonchev–Trinajstić information content (AvgIpc) is 2.62. The number of halogens is 1. The summed E-state index contributed by atoms with van der Waals surface area (Å²) in [5.74, 6) is -1.26. The molecule has 0 aromatic carbocycles. The van der Waals surface area contributed by atoms with Crippen LogP contribution in [-0.2, 0) is 4.79 Å². The van der Waals surface area contributed by atoms with Crippen molar-refractivity contribution in [3.05, 3.63) is 0 Å². The van der Waals surface area contributed by atoms with Crippen molar-refractivity contribution in [2.24, 2.45) is 0 Å². The predicted octanol–water partition coefficient (Wildman–Crippen LogP) is 8.23. The van der Waals surface area contributed by atoms with E-state index in [4.69, 9.17) is 0 Å². The standard InChI is InChI=1S/C23H45FO2/c1-3-5-7-9-10-11-12-13-14-15-16-17-19-21-23(24,22(25)26)20-18-8-6-4-2/h3-21H2,1-2H3,(H,25,26). The van der Waals surface area contributed by atoms with Crippen LogP contribution in [0.3, 0.4) is 0 Å². The van der Waals surface area contributed by atoms with Crippen LogP contribution < -0.4 is 0 Å². The van der Waals surface area contributed by atoms with Crippen LogP contribution in [0.2, 0.25) is 0 Å². The van der Waals surface area contributed by atoms with Crippen LogP contribution in [0.4, 0.5) is 4.39 Å². The Balaban J connectivity index is 3.54. The van der Waals surface area contributed by atoms with Crippen molar-refractivity contribution in [1.82, 2.24) is 0 Å². The Morgan fingerprint density at radius 1 is 0.615 bits per heavy atom. The Hall–Kier alpha value is -0.600. The highest BCUT2D eigenvalue weighted by atomic mass is 19.1. The van der Waals surface area contributed by atoms with E-state index in [1.165, 1.54) is 64.2 Å². The van der Waals surface area contributed by atoms with Crippen LogP contribution in [0.25, 0.3) is 0 Å². The summed E-state index contributed by atoms with van der Waals surface area (Å²) in [6.07, 6.45) is 20.3. The van der Waals surface area contributed by atoms with E-state index in [2.05, 4.69) is 13.8 Å². The van der Waals surface area contributed by atoms with Gasteiger partial charge in [-0.05, 0) is 25.7 Å². The number of rotatable bonds is 20. The molecular formula is C23H45FO2. The Bertz CT molecular complexity index is 319. The van der Waals surface area contributed by atoms with E-state index < -0.39 is 11.6 Å². The zero-order valence-corrected chi connectivity index (χ0v) is 17.7. The average molecular weight is 373 g/mol. The second-order valence-corrected chi connectivity index (χ2v) is 8.07. The number of alkyl halides is 1. The van der Waals surface area contributed by atoms with Gasteiger partial charge >= 0.3 is 5.97 Å². The summed E-state index contributed by atoms with van der Waals surface area (Å²) in [6, 6.07) is 0. The maximum atomic E-state index is 14.6. The normalized spacial score (nSPS) is 13.7. The molecule has 0 aromatic heterocycles. The monoisotopic (exact) mass is 372 g/mol. The van der Waals surface area contributed by atoms with Gasteiger partial charge in [-0.25, -0.2) is 9.18 Å². The summed E-state index contributed by atoms with van der Waals surface area (Å²) >= 11 is 0. The Morgan fingerprint density at radius 2 is 0.885 bits per heavy atom. The largest absolute Gasteiger partial charge is 0.479 e. The molecular weight excluding hydrogens is 327 g/mol. The number of hydrogen-bond donors (Lipinski definition) is 1. The summed E-state index contributed by atoms with van der Waals surface area (Å²) in [5, 5.41) is 9.21. The number of carboxylic acids is 1. The van der Waals surface area contributed by atoms with Gasteiger partial charge in [0.1, 0.15) is 0 Å². The second-order valence-electron chi connectivity index (χ2n) is 8.07. The molecule has 1 N–H and O–H groups in total. The van der Waals surface area contributed by atoms with Crippen molar-refractivity contribution < 1.29 is 14.3 Å². The maximum Gasteiger partial charge on any atom is 0.341 e. The van der Waals surface area contributed by atoms with Crippen molar-refractivity contribution in [1.29, 1.82) is 0 Å². The molecule has 0 fully saturated rings. The minimum absolute atomic E-state index is 0.181. The number of hydrogen-bond acceptors (Lipinski definition) is 1. The number of carbonyl (C=O) groups is 1. The van der Waals surface area contributed by atoms with E-state index >= 15 is 0 Å². The quantitative estimate of drug-likeness (QED) is 0.218. The van der Waals surface area contributed by atoms with Gasteiger partial charge in [0, 0.05) is 0 Å². The molecule has 0 amide bonds. The van der Waals surface area contributed by atoms with Gasteiger partial charge in [0.2, 0.25) is 5.67 Å². The maximum absolute atomic E-state index is 14.6. The molecule has 3 heteroatoms. The van der Waals surface area contributed by atoms with Gasteiger partial charge in [-0.1, -0.05) is 110 Å². The fourth-order valence-corrected chi connectivity index (χ4v) is 3.59. The molecule has 0 saturated heterocycles. The zero-order chi connectivity index (χ0) is 19.5. The third-order valence-corrected chi connectivity index (χ3v) is 5.49. The first-order chi connectivity index (χ1) is 12.6. The molecule has 0 spiro atoms. The van der Waals surface area contributed by atoms with Crippen molar-refractivity contribution in [3.63, 3.8) is 0 Å². The van der Waals surface area contributed by atoms with Gasteiger partial charge in [0.15, 0.2) is 0 Å². The van der Waals surface area contributed by atoms with Gasteiger partial charge in [0.25, 0.3) is 0 Å². The molecule has 26 heavy (non-hydrogen) atoms. The summed E-state index contributed by atoms with van der Waals surface area (Å²) in [4.78, 5) is 11.3. The lowest BCUT2D eigenvalue weighted by atomic mass is 9.91. The van der Waals surface area contributed by atoms with Crippen LogP contribution in [-0.4, -0.2) is 16.7 Å². The first-order valence-electron chi connectivity index (χ1n) is 11.5. The van der Waals surface area contributed by atoms with Crippen molar-refractivity contribution in [2.45, 2.75) is 142 Å². The van der Waals surface area contributed by atoms with Gasteiger partial charge in [-0.3, -0.25) is 0 Å². The van der Waals surface area contributed by atoms with E-state index in [0.717, 1.165) is 32.1 Å². The smallest absolute Gasteiger partial charge is 0.341 e. The molecule has 0 aliphatic carbocycles. The highest BCUT2D eigenvalue weighted by molar-refractivity contribution is 5.77. The molecule has 0 bridgehead atoms.